The van der Waals surface area contributed by atoms with Crippen LogP contribution in [0, 0.1) is 0 Å². The molecule has 7 heteroatoms. The van der Waals surface area contributed by atoms with Crippen molar-refractivity contribution < 1.29 is 14.3 Å². The number of carbonyl (C=O) groups is 2. The lowest BCUT2D eigenvalue weighted by atomic mass is 10.0. The van der Waals surface area contributed by atoms with E-state index in [0.717, 1.165) is 50.3 Å². The third-order valence-electron chi connectivity index (χ3n) is 5.74. The van der Waals surface area contributed by atoms with E-state index in [1.165, 1.54) is 0 Å². The highest BCUT2D eigenvalue weighted by Crippen LogP contribution is 2.24. The molecule has 0 saturated carbocycles. The molecule has 2 aromatic rings. The minimum absolute atomic E-state index is 0.0331. The molecular weight excluding hydrogens is 404 g/mol. The van der Waals surface area contributed by atoms with Gasteiger partial charge in [-0.25, -0.2) is 0 Å². The molecule has 0 aromatic heterocycles. The summed E-state index contributed by atoms with van der Waals surface area (Å²) in [5, 5.41) is 6.17. The van der Waals surface area contributed by atoms with Crippen molar-refractivity contribution in [3.8, 4) is 5.75 Å². The summed E-state index contributed by atoms with van der Waals surface area (Å²) < 4.78 is 5.15. The lowest BCUT2D eigenvalue weighted by Gasteiger charge is -2.35. The minimum Gasteiger partial charge on any atom is -0.497 e. The number of amides is 2. The average Bonchev–Trinajstić information content (AvgIpc) is 2.82. The number of carbonyl (C=O) groups excluding carboxylic acids is 2. The Bertz CT molecular complexity index is 890. The molecule has 172 valence electrons. The van der Waals surface area contributed by atoms with Gasteiger partial charge in [0.25, 0.3) is 11.8 Å². The molecule has 0 radical (unpaired) electrons. The van der Waals surface area contributed by atoms with E-state index in [0.29, 0.717) is 17.7 Å². The number of nitrogens with one attached hydrogen (secondary N) is 2. The number of hydrogen-bond donors (Lipinski definition) is 2. The smallest absolute Gasteiger partial charge is 0.253 e. The number of anilines is 1. The first-order valence-corrected chi connectivity index (χ1v) is 11.2. The van der Waals surface area contributed by atoms with E-state index in [1.807, 2.05) is 38.4 Å². The van der Waals surface area contributed by atoms with Gasteiger partial charge in [0.15, 0.2) is 0 Å². The van der Waals surface area contributed by atoms with Gasteiger partial charge >= 0.3 is 0 Å². The molecule has 2 N–H and O–H groups in total. The van der Waals surface area contributed by atoms with Crippen LogP contribution < -0.4 is 20.3 Å². The van der Waals surface area contributed by atoms with E-state index < -0.39 is 0 Å². The first-order valence-electron chi connectivity index (χ1n) is 11.2. The Labute approximate surface area is 190 Å². The van der Waals surface area contributed by atoms with Gasteiger partial charge in [-0.15, -0.1) is 0 Å². The van der Waals surface area contributed by atoms with Crippen LogP contribution in [0.3, 0.4) is 0 Å². The Hall–Kier alpha value is -3.06. The summed E-state index contributed by atoms with van der Waals surface area (Å²) in [6.45, 7) is 3.18. The SMILES string of the molecule is COc1ccc(C(=O)NC2CCN(c3ccccc3C(=O)NCCCN(C)C)CC2)cc1. The normalized spacial score (nSPS) is 14.3. The molecule has 2 aromatic carbocycles. The van der Waals surface area contributed by atoms with E-state index in [2.05, 4.69) is 20.4 Å². The Kier molecular flexibility index (Phi) is 8.50. The Balaban J connectivity index is 1.53. The van der Waals surface area contributed by atoms with Crippen molar-refractivity contribution in [2.24, 2.45) is 0 Å². The van der Waals surface area contributed by atoms with Crippen LogP contribution in [0.15, 0.2) is 48.5 Å². The number of para-hydroxylation sites is 1. The molecule has 1 fully saturated rings. The molecule has 0 aliphatic carbocycles. The van der Waals surface area contributed by atoms with Crippen molar-refractivity contribution in [2.45, 2.75) is 25.3 Å². The lowest BCUT2D eigenvalue weighted by Crippen LogP contribution is -2.45. The quantitative estimate of drug-likeness (QED) is 0.589. The maximum atomic E-state index is 12.7. The van der Waals surface area contributed by atoms with Gasteiger partial charge in [-0.1, -0.05) is 12.1 Å². The molecule has 1 heterocycles. The number of ether oxygens (including phenoxy) is 1. The Morgan fingerprint density at radius 2 is 1.72 bits per heavy atom. The molecule has 1 aliphatic rings. The van der Waals surface area contributed by atoms with Gasteiger partial charge in [-0.2, -0.15) is 0 Å². The number of benzene rings is 2. The zero-order chi connectivity index (χ0) is 22.9. The topological polar surface area (TPSA) is 73.9 Å². The van der Waals surface area contributed by atoms with Crippen molar-refractivity contribution in [1.82, 2.24) is 15.5 Å². The van der Waals surface area contributed by atoms with Crippen LogP contribution in [0.25, 0.3) is 0 Å². The van der Waals surface area contributed by atoms with Gasteiger partial charge in [-0.3, -0.25) is 9.59 Å². The third-order valence-corrected chi connectivity index (χ3v) is 5.74. The van der Waals surface area contributed by atoms with Crippen LogP contribution in [0.5, 0.6) is 5.75 Å². The van der Waals surface area contributed by atoms with Gasteiger partial charge in [0, 0.05) is 36.9 Å². The van der Waals surface area contributed by atoms with Crippen LogP contribution in [-0.2, 0) is 0 Å². The highest BCUT2D eigenvalue weighted by atomic mass is 16.5. The highest BCUT2D eigenvalue weighted by molar-refractivity contribution is 5.99. The van der Waals surface area contributed by atoms with Gasteiger partial charge in [-0.05, 0) is 76.3 Å². The zero-order valence-electron chi connectivity index (χ0n) is 19.3. The molecule has 0 atom stereocenters. The number of hydrogen-bond acceptors (Lipinski definition) is 5. The Morgan fingerprint density at radius 1 is 1.03 bits per heavy atom. The summed E-state index contributed by atoms with van der Waals surface area (Å²) >= 11 is 0. The van der Waals surface area contributed by atoms with Gasteiger partial charge in [0.2, 0.25) is 0 Å². The molecule has 0 spiro atoms. The number of rotatable bonds is 9. The van der Waals surface area contributed by atoms with E-state index >= 15 is 0 Å². The van der Waals surface area contributed by atoms with Gasteiger partial charge in [0.1, 0.15) is 5.75 Å². The molecule has 7 nitrogen and oxygen atoms in total. The van der Waals surface area contributed by atoms with Crippen molar-refractivity contribution in [2.75, 3.05) is 52.3 Å². The average molecular weight is 439 g/mol. The minimum atomic E-state index is -0.0661. The molecule has 2 amide bonds. The number of piperidine rings is 1. The lowest BCUT2D eigenvalue weighted by molar-refractivity contribution is 0.0929. The number of methoxy groups -OCH3 is 1. The predicted octanol–water partition coefficient (Wildman–Crippen LogP) is 2.78. The fraction of sp³-hybridized carbons (Fsp3) is 0.440. The molecule has 1 saturated heterocycles. The number of nitrogens with zero attached hydrogens (tertiary/aromatic N) is 2. The summed E-state index contributed by atoms with van der Waals surface area (Å²) in [5.41, 5.74) is 2.29. The van der Waals surface area contributed by atoms with E-state index in [1.54, 1.807) is 31.4 Å². The summed E-state index contributed by atoms with van der Waals surface area (Å²) in [5.74, 6) is 0.633. The molecule has 3 rings (SSSR count). The largest absolute Gasteiger partial charge is 0.497 e. The zero-order valence-corrected chi connectivity index (χ0v) is 19.3. The van der Waals surface area contributed by atoms with Crippen LogP contribution in [0.1, 0.15) is 40.0 Å². The van der Waals surface area contributed by atoms with Crippen molar-refractivity contribution in [1.29, 1.82) is 0 Å². The van der Waals surface area contributed by atoms with Crippen LogP contribution in [0.2, 0.25) is 0 Å². The maximum absolute atomic E-state index is 12.7. The highest BCUT2D eigenvalue weighted by Gasteiger charge is 2.24. The first-order chi connectivity index (χ1) is 15.5. The molecule has 0 unspecified atom stereocenters. The third kappa shape index (κ3) is 6.47. The summed E-state index contributed by atoms with van der Waals surface area (Å²) in [4.78, 5) is 29.7. The maximum Gasteiger partial charge on any atom is 0.253 e. The summed E-state index contributed by atoms with van der Waals surface area (Å²) in [6, 6.07) is 15.0. The fourth-order valence-corrected chi connectivity index (χ4v) is 3.91. The monoisotopic (exact) mass is 438 g/mol. The van der Waals surface area contributed by atoms with Crippen molar-refractivity contribution in [3.63, 3.8) is 0 Å². The second-order valence-electron chi connectivity index (χ2n) is 8.39. The van der Waals surface area contributed by atoms with E-state index in [4.69, 9.17) is 4.74 Å². The van der Waals surface area contributed by atoms with Crippen molar-refractivity contribution in [3.05, 3.63) is 59.7 Å². The standard InChI is InChI=1S/C25H34N4O3/c1-28(2)16-6-15-26-25(31)22-7-4-5-8-23(22)29-17-13-20(14-18-29)27-24(30)19-9-11-21(32-3)12-10-19/h4-5,7-12,20H,6,13-18H2,1-3H3,(H,26,31)(H,27,30). The fourth-order valence-electron chi connectivity index (χ4n) is 3.91. The molecule has 1 aliphatic heterocycles. The molecular formula is C25H34N4O3. The summed E-state index contributed by atoms with van der Waals surface area (Å²) in [6.07, 6.45) is 2.58. The molecule has 32 heavy (non-hydrogen) atoms. The first kappa shape index (κ1) is 23.6. The molecule has 0 bridgehead atoms. The second-order valence-corrected chi connectivity index (χ2v) is 8.39. The predicted molar refractivity (Wildman–Crippen MR) is 128 cm³/mol. The second kappa shape index (κ2) is 11.5. The Morgan fingerprint density at radius 3 is 2.38 bits per heavy atom. The van der Waals surface area contributed by atoms with Crippen LogP contribution in [0.4, 0.5) is 5.69 Å². The van der Waals surface area contributed by atoms with Crippen molar-refractivity contribution >= 4 is 17.5 Å². The van der Waals surface area contributed by atoms with E-state index in [9.17, 15) is 9.59 Å². The van der Waals surface area contributed by atoms with Gasteiger partial charge in [0.05, 0.1) is 12.7 Å². The van der Waals surface area contributed by atoms with Crippen LogP contribution in [-0.4, -0.2) is 70.1 Å². The summed E-state index contributed by atoms with van der Waals surface area (Å²) in [7, 11) is 5.66. The van der Waals surface area contributed by atoms with Gasteiger partial charge < -0.3 is 25.2 Å². The van der Waals surface area contributed by atoms with E-state index in [-0.39, 0.29) is 17.9 Å². The van der Waals surface area contributed by atoms with Crippen LogP contribution >= 0.6 is 0 Å².